The smallest absolute Gasteiger partial charge is 0.119 e. The maximum Gasteiger partial charge on any atom is 0.119 e. The lowest BCUT2D eigenvalue weighted by molar-refractivity contribution is 0.413. The van der Waals surface area contributed by atoms with Crippen LogP contribution >= 0.6 is 27.3 Å². The summed E-state index contributed by atoms with van der Waals surface area (Å²) in [6.07, 6.45) is 0.997. The van der Waals surface area contributed by atoms with Gasteiger partial charge in [0, 0.05) is 27.2 Å². The number of rotatable bonds is 6. The van der Waals surface area contributed by atoms with Gasteiger partial charge in [-0.2, -0.15) is 0 Å². The summed E-state index contributed by atoms with van der Waals surface area (Å²) in [6, 6.07) is 10.8. The lowest BCUT2D eigenvalue weighted by Gasteiger charge is -2.18. The topological polar surface area (TPSA) is 21.3 Å². The summed E-state index contributed by atoms with van der Waals surface area (Å²) in [6.45, 7) is 3.09. The van der Waals surface area contributed by atoms with E-state index >= 15 is 0 Å². The quantitative estimate of drug-likeness (QED) is 0.841. The van der Waals surface area contributed by atoms with E-state index in [4.69, 9.17) is 4.74 Å². The Balaban J connectivity index is 2.18. The molecule has 1 N–H and O–H groups in total. The summed E-state index contributed by atoms with van der Waals surface area (Å²) >= 11 is 5.30. The first kappa shape index (κ1) is 14.6. The average Bonchev–Trinajstić information content (AvgIpc) is 2.84. The number of thiophene rings is 1. The Morgan fingerprint density at radius 3 is 2.84 bits per heavy atom. The SMILES string of the molecule is CCNC(Cc1cc(Br)cs1)c1cccc(OC)c1. The van der Waals surface area contributed by atoms with Crippen molar-refractivity contribution in [2.24, 2.45) is 0 Å². The molecule has 0 spiro atoms. The minimum Gasteiger partial charge on any atom is -0.497 e. The highest BCUT2D eigenvalue weighted by atomic mass is 79.9. The Bertz CT molecular complexity index is 526. The second kappa shape index (κ2) is 7.08. The minimum absolute atomic E-state index is 0.325. The van der Waals surface area contributed by atoms with Crippen LogP contribution in [0.15, 0.2) is 40.2 Å². The minimum atomic E-state index is 0.325. The van der Waals surface area contributed by atoms with E-state index in [1.165, 1.54) is 10.4 Å². The molecule has 0 fully saturated rings. The summed E-state index contributed by atoms with van der Waals surface area (Å²) in [7, 11) is 1.71. The fourth-order valence-electron chi connectivity index (χ4n) is 2.07. The van der Waals surface area contributed by atoms with E-state index in [1.54, 1.807) is 18.4 Å². The number of likely N-dealkylation sites (N-methyl/N-ethyl adjacent to an activating group) is 1. The highest BCUT2D eigenvalue weighted by Crippen LogP contribution is 2.27. The molecule has 1 heterocycles. The molecule has 0 aliphatic carbocycles. The van der Waals surface area contributed by atoms with Crippen LogP contribution in [0.2, 0.25) is 0 Å². The number of hydrogen-bond donors (Lipinski definition) is 1. The van der Waals surface area contributed by atoms with Gasteiger partial charge in [-0.05, 0) is 46.2 Å². The molecule has 0 aliphatic rings. The van der Waals surface area contributed by atoms with Gasteiger partial charge < -0.3 is 10.1 Å². The van der Waals surface area contributed by atoms with E-state index in [9.17, 15) is 0 Å². The molecule has 0 bridgehead atoms. The molecule has 2 rings (SSSR count). The van der Waals surface area contributed by atoms with E-state index in [0.717, 1.165) is 23.2 Å². The van der Waals surface area contributed by atoms with Gasteiger partial charge in [0.2, 0.25) is 0 Å². The number of hydrogen-bond acceptors (Lipinski definition) is 3. The summed E-state index contributed by atoms with van der Waals surface area (Å²) in [4.78, 5) is 1.38. The van der Waals surface area contributed by atoms with Crippen molar-refractivity contribution in [3.05, 3.63) is 50.6 Å². The molecule has 1 atom stereocenters. The zero-order chi connectivity index (χ0) is 13.7. The normalized spacial score (nSPS) is 12.4. The van der Waals surface area contributed by atoms with Gasteiger partial charge in [0.25, 0.3) is 0 Å². The molecule has 0 radical (unpaired) electrons. The summed E-state index contributed by atoms with van der Waals surface area (Å²) in [5.74, 6) is 0.910. The lowest BCUT2D eigenvalue weighted by atomic mass is 10.0. The van der Waals surface area contributed by atoms with Crippen LogP contribution in [-0.2, 0) is 6.42 Å². The van der Waals surface area contributed by atoms with Crippen molar-refractivity contribution in [3.8, 4) is 5.75 Å². The standard InChI is InChI=1S/C15H18BrNOS/c1-3-17-15(9-14-8-12(16)10-19-14)11-5-4-6-13(7-11)18-2/h4-8,10,15,17H,3,9H2,1-2H3. The summed E-state index contributed by atoms with van der Waals surface area (Å²) in [5.41, 5.74) is 1.27. The maximum atomic E-state index is 5.30. The van der Waals surface area contributed by atoms with Crippen LogP contribution in [-0.4, -0.2) is 13.7 Å². The van der Waals surface area contributed by atoms with Gasteiger partial charge >= 0.3 is 0 Å². The van der Waals surface area contributed by atoms with Gasteiger partial charge in [0.05, 0.1) is 7.11 Å². The maximum absolute atomic E-state index is 5.30. The molecule has 0 saturated heterocycles. The number of methoxy groups -OCH3 is 1. The average molecular weight is 340 g/mol. The molecular formula is C15H18BrNOS. The molecule has 0 amide bonds. The number of ether oxygens (including phenoxy) is 1. The van der Waals surface area contributed by atoms with Crippen LogP contribution in [0.25, 0.3) is 0 Å². The Morgan fingerprint density at radius 1 is 1.37 bits per heavy atom. The molecule has 2 aromatic rings. The van der Waals surface area contributed by atoms with E-state index in [-0.39, 0.29) is 0 Å². The molecule has 2 nitrogen and oxygen atoms in total. The van der Waals surface area contributed by atoms with Crippen molar-refractivity contribution in [3.63, 3.8) is 0 Å². The second-order valence-corrected chi connectivity index (χ2v) is 6.23. The van der Waals surface area contributed by atoms with E-state index < -0.39 is 0 Å². The van der Waals surface area contributed by atoms with Gasteiger partial charge in [0.1, 0.15) is 5.75 Å². The van der Waals surface area contributed by atoms with E-state index in [2.05, 4.69) is 51.7 Å². The third kappa shape index (κ3) is 4.06. The van der Waals surface area contributed by atoms with Crippen molar-refractivity contribution in [2.75, 3.05) is 13.7 Å². The zero-order valence-corrected chi connectivity index (χ0v) is 13.6. The predicted octanol–water partition coefficient (Wildman–Crippen LogP) is 4.41. The van der Waals surface area contributed by atoms with Crippen LogP contribution in [0.3, 0.4) is 0 Å². The molecule has 0 aliphatic heterocycles. The van der Waals surface area contributed by atoms with Crippen molar-refractivity contribution in [1.82, 2.24) is 5.32 Å². The van der Waals surface area contributed by atoms with Crippen LogP contribution < -0.4 is 10.1 Å². The number of benzene rings is 1. The molecule has 19 heavy (non-hydrogen) atoms. The van der Waals surface area contributed by atoms with Gasteiger partial charge in [-0.15, -0.1) is 11.3 Å². The molecular weight excluding hydrogens is 322 g/mol. The first-order valence-corrected chi connectivity index (χ1v) is 8.00. The van der Waals surface area contributed by atoms with Crippen molar-refractivity contribution < 1.29 is 4.74 Å². The molecule has 1 unspecified atom stereocenters. The van der Waals surface area contributed by atoms with Gasteiger partial charge in [0.15, 0.2) is 0 Å². The van der Waals surface area contributed by atoms with Gasteiger partial charge in [-0.25, -0.2) is 0 Å². The Morgan fingerprint density at radius 2 is 2.21 bits per heavy atom. The van der Waals surface area contributed by atoms with Crippen molar-refractivity contribution >= 4 is 27.3 Å². The van der Waals surface area contributed by atoms with Crippen molar-refractivity contribution in [1.29, 1.82) is 0 Å². The summed E-state index contributed by atoms with van der Waals surface area (Å²) < 4.78 is 6.47. The fraction of sp³-hybridized carbons (Fsp3) is 0.333. The van der Waals surface area contributed by atoms with Crippen LogP contribution in [0.1, 0.15) is 23.4 Å². The Hall–Kier alpha value is -0.840. The van der Waals surface area contributed by atoms with Crippen LogP contribution in [0.4, 0.5) is 0 Å². The number of halogens is 1. The van der Waals surface area contributed by atoms with E-state index in [0.29, 0.717) is 6.04 Å². The first-order valence-electron chi connectivity index (χ1n) is 6.33. The highest BCUT2D eigenvalue weighted by molar-refractivity contribution is 9.10. The second-order valence-electron chi connectivity index (χ2n) is 4.32. The lowest BCUT2D eigenvalue weighted by Crippen LogP contribution is -2.22. The molecule has 1 aromatic carbocycles. The third-order valence-corrected chi connectivity index (χ3v) is 4.69. The molecule has 102 valence electrons. The molecule has 0 saturated carbocycles. The van der Waals surface area contributed by atoms with E-state index in [1.807, 2.05) is 12.1 Å². The largest absolute Gasteiger partial charge is 0.497 e. The monoisotopic (exact) mass is 339 g/mol. The Kier molecular flexibility index (Phi) is 5.43. The number of nitrogens with one attached hydrogen (secondary N) is 1. The Labute approximate surface area is 126 Å². The van der Waals surface area contributed by atoms with Crippen molar-refractivity contribution in [2.45, 2.75) is 19.4 Å². The third-order valence-electron chi connectivity index (χ3n) is 2.97. The first-order chi connectivity index (χ1) is 9.22. The zero-order valence-electron chi connectivity index (χ0n) is 11.2. The molecule has 4 heteroatoms. The summed E-state index contributed by atoms with van der Waals surface area (Å²) in [5, 5.41) is 5.67. The highest BCUT2D eigenvalue weighted by Gasteiger charge is 2.13. The fourth-order valence-corrected chi connectivity index (χ4v) is 3.57. The van der Waals surface area contributed by atoms with Gasteiger partial charge in [-0.1, -0.05) is 19.1 Å². The molecule has 1 aromatic heterocycles. The predicted molar refractivity (Wildman–Crippen MR) is 85.1 cm³/mol. The van der Waals surface area contributed by atoms with Crippen LogP contribution in [0.5, 0.6) is 5.75 Å². The van der Waals surface area contributed by atoms with Crippen LogP contribution in [0, 0.1) is 0 Å². The van der Waals surface area contributed by atoms with Gasteiger partial charge in [-0.3, -0.25) is 0 Å².